The van der Waals surface area contributed by atoms with E-state index in [4.69, 9.17) is 14.2 Å². The fourth-order valence-electron chi connectivity index (χ4n) is 4.33. The fraction of sp³-hybridized carbons (Fsp3) is 0.393. The van der Waals surface area contributed by atoms with Gasteiger partial charge in [-0.25, -0.2) is 9.48 Å². The predicted octanol–water partition coefficient (Wildman–Crippen LogP) is 5.32. The number of allylic oxidation sites excluding steroid dienone is 1. The molecule has 0 bridgehead atoms. The Bertz CT molecular complexity index is 1190. The van der Waals surface area contributed by atoms with Gasteiger partial charge < -0.3 is 19.5 Å². The molecule has 1 N–H and O–H groups in total. The van der Waals surface area contributed by atoms with Crippen LogP contribution in [0.3, 0.4) is 0 Å². The molecule has 3 aromatic rings. The first kappa shape index (κ1) is 25.3. The van der Waals surface area contributed by atoms with E-state index in [9.17, 15) is 4.79 Å². The van der Waals surface area contributed by atoms with Gasteiger partial charge in [0.25, 0.3) is 0 Å². The van der Waals surface area contributed by atoms with Crippen molar-refractivity contribution in [1.82, 2.24) is 14.8 Å². The standard InChI is InChI=1S/C28H34N4O4/c1-4-5-6-10-16-35-23-14-13-22(18-24(23)34-3)26-25(20(2)31-28-29-19-30-32(26)28)27(33)36-17-15-21-11-8-7-9-12-21/h7-9,11-14,18-19,26H,4-6,10,15-17H2,1-3H3,(H,29,30,31)/t26-/m0/s1. The van der Waals surface area contributed by atoms with Crippen molar-refractivity contribution in [3.8, 4) is 11.5 Å². The third-order valence-corrected chi connectivity index (χ3v) is 6.24. The van der Waals surface area contributed by atoms with Gasteiger partial charge in [0.1, 0.15) is 12.4 Å². The minimum absolute atomic E-state index is 0.282. The second kappa shape index (κ2) is 12.2. The van der Waals surface area contributed by atoms with Gasteiger partial charge in [0, 0.05) is 12.1 Å². The third-order valence-electron chi connectivity index (χ3n) is 6.24. The highest BCUT2D eigenvalue weighted by molar-refractivity contribution is 5.92. The Morgan fingerprint density at radius 2 is 1.89 bits per heavy atom. The number of esters is 1. The molecule has 0 unspecified atom stereocenters. The van der Waals surface area contributed by atoms with E-state index >= 15 is 0 Å². The summed E-state index contributed by atoms with van der Waals surface area (Å²) < 4.78 is 19.0. The average Bonchev–Trinajstić information content (AvgIpc) is 3.36. The highest BCUT2D eigenvalue weighted by Gasteiger charge is 2.34. The summed E-state index contributed by atoms with van der Waals surface area (Å²) in [6.07, 6.45) is 6.63. The zero-order valence-corrected chi connectivity index (χ0v) is 21.2. The van der Waals surface area contributed by atoms with Gasteiger partial charge in [0.2, 0.25) is 5.95 Å². The van der Waals surface area contributed by atoms with Crippen molar-refractivity contribution < 1.29 is 19.0 Å². The number of carbonyl (C=O) groups is 1. The van der Waals surface area contributed by atoms with Crippen molar-refractivity contribution in [2.45, 2.75) is 52.0 Å². The van der Waals surface area contributed by atoms with Gasteiger partial charge in [-0.05, 0) is 36.6 Å². The molecule has 0 spiro atoms. The van der Waals surface area contributed by atoms with E-state index in [1.54, 1.807) is 11.8 Å². The number of nitrogens with one attached hydrogen (secondary N) is 1. The molecule has 2 aromatic carbocycles. The lowest BCUT2D eigenvalue weighted by Gasteiger charge is -2.28. The van der Waals surface area contributed by atoms with E-state index in [-0.39, 0.29) is 6.61 Å². The van der Waals surface area contributed by atoms with Gasteiger partial charge in [-0.15, -0.1) is 0 Å². The Morgan fingerprint density at radius 3 is 2.67 bits per heavy atom. The molecule has 36 heavy (non-hydrogen) atoms. The normalized spacial score (nSPS) is 14.7. The molecular formula is C28H34N4O4. The number of hydrogen-bond donors (Lipinski definition) is 1. The van der Waals surface area contributed by atoms with Crippen molar-refractivity contribution in [2.75, 3.05) is 25.6 Å². The Balaban J connectivity index is 1.55. The minimum atomic E-state index is -0.513. The van der Waals surface area contributed by atoms with Crippen LogP contribution >= 0.6 is 0 Å². The Labute approximate surface area is 212 Å². The molecule has 1 aromatic heterocycles. The van der Waals surface area contributed by atoms with Gasteiger partial charge in [0.15, 0.2) is 11.5 Å². The number of carbonyl (C=O) groups excluding carboxylic acids is 1. The second-order valence-corrected chi connectivity index (χ2v) is 8.79. The highest BCUT2D eigenvalue weighted by atomic mass is 16.5. The summed E-state index contributed by atoms with van der Waals surface area (Å²) in [5.41, 5.74) is 3.10. The molecule has 1 atom stereocenters. The summed E-state index contributed by atoms with van der Waals surface area (Å²) in [6, 6.07) is 15.2. The van der Waals surface area contributed by atoms with Gasteiger partial charge in [-0.1, -0.05) is 62.6 Å². The Hall–Kier alpha value is -3.81. The maximum atomic E-state index is 13.3. The van der Waals surface area contributed by atoms with Crippen LogP contribution in [-0.2, 0) is 16.0 Å². The molecule has 0 amide bonds. The maximum absolute atomic E-state index is 13.3. The number of methoxy groups -OCH3 is 1. The number of aromatic nitrogens is 3. The van der Waals surface area contributed by atoms with E-state index in [2.05, 4.69) is 22.3 Å². The van der Waals surface area contributed by atoms with E-state index in [0.717, 1.165) is 24.0 Å². The number of unbranched alkanes of at least 4 members (excludes halogenated alkanes) is 3. The average molecular weight is 491 g/mol. The molecule has 1 aliphatic heterocycles. The lowest BCUT2D eigenvalue weighted by molar-refractivity contribution is -0.139. The summed E-state index contributed by atoms with van der Waals surface area (Å²) in [6.45, 7) is 4.95. The largest absolute Gasteiger partial charge is 0.493 e. The lowest BCUT2D eigenvalue weighted by atomic mass is 9.95. The van der Waals surface area contributed by atoms with Gasteiger partial charge in [-0.2, -0.15) is 10.1 Å². The summed E-state index contributed by atoms with van der Waals surface area (Å²) in [5, 5.41) is 7.57. The monoisotopic (exact) mass is 490 g/mol. The first-order valence-corrected chi connectivity index (χ1v) is 12.5. The summed E-state index contributed by atoms with van der Waals surface area (Å²) in [4.78, 5) is 17.6. The number of rotatable bonds is 12. The van der Waals surface area contributed by atoms with Crippen LogP contribution < -0.4 is 14.8 Å². The molecule has 0 saturated carbocycles. The quantitative estimate of drug-likeness (QED) is 0.272. The van der Waals surface area contributed by atoms with Crippen molar-refractivity contribution in [1.29, 1.82) is 0 Å². The van der Waals surface area contributed by atoms with E-state index in [0.29, 0.717) is 41.7 Å². The number of fused-ring (bicyclic) bond motifs is 1. The first-order chi connectivity index (χ1) is 17.6. The van der Waals surface area contributed by atoms with Crippen LogP contribution in [0.2, 0.25) is 0 Å². The molecule has 8 nitrogen and oxygen atoms in total. The topological polar surface area (TPSA) is 87.5 Å². The van der Waals surface area contributed by atoms with Crippen LogP contribution in [0, 0.1) is 0 Å². The second-order valence-electron chi connectivity index (χ2n) is 8.79. The number of nitrogens with zero attached hydrogens (tertiary/aromatic N) is 3. The fourth-order valence-corrected chi connectivity index (χ4v) is 4.33. The maximum Gasteiger partial charge on any atom is 0.338 e. The number of hydrogen-bond acceptors (Lipinski definition) is 7. The molecule has 0 fully saturated rings. The van der Waals surface area contributed by atoms with Crippen LogP contribution in [-0.4, -0.2) is 41.1 Å². The van der Waals surface area contributed by atoms with Crippen molar-refractivity contribution in [3.63, 3.8) is 0 Å². The Morgan fingerprint density at radius 1 is 1.06 bits per heavy atom. The van der Waals surface area contributed by atoms with Crippen molar-refractivity contribution in [3.05, 3.63) is 77.3 Å². The van der Waals surface area contributed by atoms with Crippen molar-refractivity contribution >= 4 is 11.9 Å². The molecule has 4 rings (SSSR count). The molecule has 0 saturated heterocycles. The van der Waals surface area contributed by atoms with E-state index < -0.39 is 12.0 Å². The molecule has 1 aliphatic rings. The Kier molecular flexibility index (Phi) is 8.60. The smallest absolute Gasteiger partial charge is 0.338 e. The van der Waals surface area contributed by atoms with Crippen LogP contribution in [0.1, 0.15) is 56.7 Å². The van der Waals surface area contributed by atoms with Crippen LogP contribution in [0.4, 0.5) is 5.95 Å². The van der Waals surface area contributed by atoms with Gasteiger partial charge in [0.05, 0.1) is 25.9 Å². The van der Waals surface area contributed by atoms with E-state index in [1.807, 2.05) is 55.5 Å². The molecular weight excluding hydrogens is 456 g/mol. The highest BCUT2D eigenvalue weighted by Crippen LogP contribution is 2.39. The summed E-state index contributed by atoms with van der Waals surface area (Å²) >= 11 is 0. The lowest BCUT2D eigenvalue weighted by Crippen LogP contribution is -2.30. The molecule has 0 radical (unpaired) electrons. The molecule has 190 valence electrons. The third kappa shape index (κ3) is 5.87. The zero-order chi connectivity index (χ0) is 25.3. The SMILES string of the molecule is CCCCCCOc1ccc([C@H]2C(C(=O)OCCc3ccccc3)=C(C)Nc3ncnn32)cc1OC. The zero-order valence-electron chi connectivity index (χ0n) is 21.2. The van der Waals surface area contributed by atoms with Gasteiger partial charge in [-0.3, -0.25) is 0 Å². The number of ether oxygens (including phenoxy) is 3. The van der Waals surface area contributed by atoms with E-state index in [1.165, 1.54) is 19.2 Å². The predicted molar refractivity (Wildman–Crippen MR) is 138 cm³/mol. The van der Waals surface area contributed by atoms with Crippen LogP contribution in [0.15, 0.2) is 66.1 Å². The number of benzene rings is 2. The summed E-state index contributed by atoms with van der Waals surface area (Å²) in [5.74, 6) is 1.46. The van der Waals surface area contributed by atoms with Crippen LogP contribution in [0.25, 0.3) is 0 Å². The molecule has 8 heteroatoms. The summed E-state index contributed by atoms with van der Waals surface area (Å²) in [7, 11) is 1.62. The number of anilines is 1. The van der Waals surface area contributed by atoms with Gasteiger partial charge >= 0.3 is 5.97 Å². The first-order valence-electron chi connectivity index (χ1n) is 12.5. The molecule has 0 aliphatic carbocycles. The minimum Gasteiger partial charge on any atom is -0.493 e. The molecule has 2 heterocycles. The van der Waals surface area contributed by atoms with Crippen LogP contribution in [0.5, 0.6) is 11.5 Å². The van der Waals surface area contributed by atoms with Crippen molar-refractivity contribution in [2.24, 2.45) is 0 Å².